The summed E-state index contributed by atoms with van der Waals surface area (Å²) in [6, 6.07) is -1.62. The van der Waals surface area contributed by atoms with E-state index >= 15 is 0 Å². The van der Waals surface area contributed by atoms with Crippen LogP contribution < -0.4 is 10.6 Å². The van der Waals surface area contributed by atoms with Gasteiger partial charge in [0.25, 0.3) is 0 Å². The fraction of sp³-hybridized carbons (Fsp3) is 0.545. The molecule has 0 heterocycles. The molecule has 0 spiro atoms. The van der Waals surface area contributed by atoms with E-state index in [1.165, 1.54) is 18.0 Å². The van der Waals surface area contributed by atoms with Crippen LogP contribution in [0.15, 0.2) is 12.7 Å². The average Bonchev–Trinajstić information content (AvgIpc) is 2.34. The second-order valence-electron chi connectivity index (χ2n) is 3.55. The highest BCUT2D eigenvalue weighted by Crippen LogP contribution is 1.97. The predicted molar refractivity (Wildman–Crippen MR) is 66.1 cm³/mol. The van der Waals surface area contributed by atoms with Gasteiger partial charge in [0, 0.05) is 13.6 Å². The maximum Gasteiger partial charge on any atom is 0.326 e. The van der Waals surface area contributed by atoms with Crippen LogP contribution in [0.5, 0.6) is 0 Å². The van der Waals surface area contributed by atoms with Crippen molar-refractivity contribution in [2.24, 2.45) is 0 Å². The molecule has 0 aliphatic heterocycles. The number of nitrogens with zero attached hydrogens (tertiary/aromatic N) is 1. The van der Waals surface area contributed by atoms with Gasteiger partial charge < -0.3 is 20.6 Å². The minimum Gasteiger partial charge on any atom is -0.480 e. The lowest BCUT2D eigenvalue weighted by atomic mass is 10.2. The molecule has 0 fully saturated rings. The van der Waals surface area contributed by atoms with Crippen molar-refractivity contribution >= 4 is 17.9 Å². The molecule has 0 aromatic heterocycles. The topological polar surface area (TPSA) is 98.7 Å². The third-order valence-corrected chi connectivity index (χ3v) is 2.28. The molecule has 1 atom stereocenters. The minimum atomic E-state index is -1.14. The fourth-order valence-corrected chi connectivity index (χ4v) is 1.21. The van der Waals surface area contributed by atoms with Gasteiger partial charge in [-0.2, -0.15) is 0 Å². The summed E-state index contributed by atoms with van der Waals surface area (Å²) in [5.41, 5.74) is 0. The third-order valence-electron chi connectivity index (χ3n) is 2.28. The molecule has 7 nitrogen and oxygen atoms in total. The zero-order valence-corrected chi connectivity index (χ0v) is 10.6. The van der Waals surface area contributed by atoms with E-state index in [0.29, 0.717) is 6.54 Å². The molecule has 0 aliphatic rings. The first-order chi connectivity index (χ1) is 8.46. The number of urea groups is 1. The Hall–Kier alpha value is -2.05. The number of aliphatic carboxylic acids is 1. The van der Waals surface area contributed by atoms with E-state index in [4.69, 9.17) is 5.11 Å². The smallest absolute Gasteiger partial charge is 0.326 e. The monoisotopic (exact) mass is 257 g/mol. The number of carboxylic acids is 1. The van der Waals surface area contributed by atoms with Crippen LogP contribution in [0, 0.1) is 0 Å². The second kappa shape index (κ2) is 8.10. The minimum absolute atomic E-state index is 0.112. The molecule has 0 rings (SSSR count). The summed E-state index contributed by atoms with van der Waals surface area (Å²) < 4.78 is 0. The van der Waals surface area contributed by atoms with Gasteiger partial charge in [-0.15, -0.1) is 6.58 Å². The lowest BCUT2D eigenvalue weighted by Gasteiger charge is -2.22. The molecular formula is C11H19N3O4. The van der Waals surface area contributed by atoms with E-state index in [1.807, 2.05) is 0 Å². The predicted octanol–water partition coefficient (Wildman–Crippen LogP) is -0.207. The van der Waals surface area contributed by atoms with E-state index in [2.05, 4.69) is 17.2 Å². The Balaban J connectivity index is 4.53. The lowest BCUT2D eigenvalue weighted by Crippen LogP contribution is -2.50. The van der Waals surface area contributed by atoms with Crippen LogP contribution >= 0.6 is 0 Å². The molecule has 102 valence electrons. The maximum atomic E-state index is 11.8. The van der Waals surface area contributed by atoms with Gasteiger partial charge >= 0.3 is 12.0 Å². The Kier molecular flexibility index (Phi) is 7.18. The van der Waals surface area contributed by atoms with Gasteiger partial charge in [0.2, 0.25) is 5.91 Å². The molecular weight excluding hydrogens is 238 g/mol. The van der Waals surface area contributed by atoms with Crippen molar-refractivity contribution in [1.82, 2.24) is 15.5 Å². The van der Waals surface area contributed by atoms with E-state index in [0.717, 1.165) is 0 Å². The zero-order chi connectivity index (χ0) is 14.1. The summed E-state index contributed by atoms with van der Waals surface area (Å²) in [6.07, 6.45) is 1.53. The van der Waals surface area contributed by atoms with Crippen LogP contribution in [0.3, 0.4) is 0 Å². The number of carboxylic acid groups (broad SMARTS) is 1. The highest BCUT2D eigenvalue weighted by Gasteiger charge is 2.22. The third kappa shape index (κ3) is 5.33. The first-order valence-corrected chi connectivity index (χ1v) is 5.55. The quantitative estimate of drug-likeness (QED) is 0.550. The molecule has 18 heavy (non-hydrogen) atoms. The molecule has 0 bridgehead atoms. The lowest BCUT2D eigenvalue weighted by molar-refractivity contribution is -0.139. The van der Waals surface area contributed by atoms with Crippen LogP contribution in [0.1, 0.15) is 13.3 Å². The number of carbonyl (C=O) groups excluding carboxylic acids is 2. The van der Waals surface area contributed by atoms with E-state index in [1.54, 1.807) is 6.92 Å². The van der Waals surface area contributed by atoms with Crippen molar-refractivity contribution in [1.29, 1.82) is 0 Å². The van der Waals surface area contributed by atoms with Gasteiger partial charge in [0.05, 0.1) is 0 Å². The van der Waals surface area contributed by atoms with Gasteiger partial charge in [0.1, 0.15) is 12.6 Å². The molecule has 0 saturated heterocycles. The van der Waals surface area contributed by atoms with Crippen molar-refractivity contribution in [3.63, 3.8) is 0 Å². The van der Waals surface area contributed by atoms with Crippen LogP contribution in [-0.2, 0) is 9.59 Å². The summed E-state index contributed by atoms with van der Waals surface area (Å²) in [7, 11) is 1.46. The number of nitrogens with one attached hydrogen (secondary N) is 2. The molecule has 0 aromatic rings. The first-order valence-electron chi connectivity index (χ1n) is 5.55. The number of hydrogen-bond donors (Lipinski definition) is 3. The fourth-order valence-electron chi connectivity index (χ4n) is 1.21. The maximum absolute atomic E-state index is 11.8. The largest absolute Gasteiger partial charge is 0.480 e. The highest BCUT2D eigenvalue weighted by atomic mass is 16.4. The zero-order valence-electron chi connectivity index (χ0n) is 10.6. The van der Waals surface area contributed by atoms with Crippen LogP contribution in [-0.4, -0.2) is 54.1 Å². The van der Waals surface area contributed by atoms with Gasteiger partial charge in [0.15, 0.2) is 0 Å². The molecule has 0 aromatic carbocycles. The van der Waals surface area contributed by atoms with Gasteiger partial charge in [-0.25, -0.2) is 9.59 Å². The number of rotatable bonds is 7. The van der Waals surface area contributed by atoms with Gasteiger partial charge in [-0.1, -0.05) is 6.08 Å². The molecule has 0 saturated carbocycles. The van der Waals surface area contributed by atoms with Crippen molar-refractivity contribution in [2.75, 3.05) is 20.1 Å². The summed E-state index contributed by atoms with van der Waals surface area (Å²) in [6.45, 7) is 5.32. The Bertz CT molecular complexity index is 330. The summed E-state index contributed by atoms with van der Waals surface area (Å²) in [4.78, 5) is 35.0. The molecule has 7 heteroatoms. The number of likely N-dealkylation sites (N-methyl/N-ethyl adjacent to an activating group) is 2. The van der Waals surface area contributed by atoms with E-state index in [9.17, 15) is 14.4 Å². The Morgan fingerprint density at radius 3 is 2.44 bits per heavy atom. The summed E-state index contributed by atoms with van der Waals surface area (Å²) >= 11 is 0. The van der Waals surface area contributed by atoms with E-state index < -0.39 is 18.0 Å². The summed E-state index contributed by atoms with van der Waals surface area (Å²) in [5.74, 6) is -1.46. The SMILES string of the molecule is C=CCC(NC(=O)N(CC)CC(=O)NC)C(=O)O. The van der Waals surface area contributed by atoms with E-state index in [-0.39, 0.29) is 18.9 Å². The van der Waals surface area contributed by atoms with Crippen LogP contribution in [0.25, 0.3) is 0 Å². The van der Waals surface area contributed by atoms with Crippen molar-refractivity contribution in [2.45, 2.75) is 19.4 Å². The highest BCUT2D eigenvalue weighted by molar-refractivity contribution is 5.86. The summed E-state index contributed by atoms with van der Waals surface area (Å²) in [5, 5.41) is 13.6. The first kappa shape index (κ1) is 16.0. The molecule has 0 radical (unpaired) electrons. The molecule has 3 amide bonds. The van der Waals surface area contributed by atoms with Crippen molar-refractivity contribution < 1.29 is 19.5 Å². The average molecular weight is 257 g/mol. The Morgan fingerprint density at radius 1 is 1.44 bits per heavy atom. The normalized spacial score (nSPS) is 11.2. The van der Waals surface area contributed by atoms with Crippen molar-refractivity contribution in [3.8, 4) is 0 Å². The van der Waals surface area contributed by atoms with Gasteiger partial charge in [-0.3, -0.25) is 4.79 Å². The second-order valence-corrected chi connectivity index (χ2v) is 3.55. The number of hydrogen-bond acceptors (Lipinski definition) is 3. The molecule has 1 unspecified atom stereocenters. The standard InChI is InChI=1S/C11H19N3O4/c1-4-6-8(10(16)17)13-11(18)14(5-2)7-9(15)12-3/h4,8H,1,5-7H2,2-3H3,(H,12,15)(H,13,18)(H,16,17). The number of carbonyl (C=O) groups is 3. The molecule has 0 aliphatic carbocycles. The number of amides is 3. The van der Waals surface area contributed by atoms with Crippen molar-refractivity contribution in [3.05, 3.63) is 12.7 Å². The molecule has 3 N–H and O–H groups in total. The Labute approximate surface area is 106 Å². The van der Waals surface area contributed by atoms with Crippen LogP contribution in [0.4, 0.5) is 4.79 Å². The van der Waals surface area contributed by atoms with Gasteiger partial charge in [-0.05, 0) is 13.3 Å². The van der Waals surface area contributed by atoms with Crippen LogP contribution in [0.2, 0.25) is 0 Å². The Morgan fingerprint density at radius 2 is 2.06 bits per heavy atom.